The van der Waals surface area contributed by atoms with Crippen molar-refractivity contribution in [1.29, 1.82) is 0 Å². The van der Waals surface area contributed by atoms with Gasteiger partial charge in [0.25, 0.3) is 0 Å². The van der Waals surface area contributed by atoms with Crippen LogP contribution in [0.25, 0.3) is 0 Å². The average molecular weight is 193 g/mol. The monoisotopic (exact) mass is 193 g/mol. The van der Waals surface area contributed by atoms with Crippen LogP contribution in [0.5, 0.6) is 0 Å². The zero-order valence-corrected chi connectivity index (χ0v) is 9.17. The summed E-state index contributed by atoms with van der Waals surface area (Å²) in [7, 11) is 0. The van der Waals surface area contributed by atoms with E-state index in [2.05, 4.69) is 37.4 Å². The molecule has 0 aliphatic carbocycles. The molecule has 1 aromatic rings. The molecule has 78 valence electrons. The number of benzene rings is 1. The van der Waals surface area contributed by atoms with E-state index in [4.69, 9.17) is 5.11 Å². The molecule has 2 N–H and O–H groups in total. The first-order valence-electron chi connectivity index (χ1n) is 5.15. The maximum Gasteiger partial charge on any atom is 0.0630 e. The summed E-state index contributed by atoms with van der Waals surface area (Å²) < 4.78 is 0. The molecule has 0 aromatic heterocycles. The van der Waals surface area contributed by atoms with Crippen LogP contribution < -0.4 is 5.32 Å². The normalized spacial score (nSPS) is 12.6. The summed E-state index contributed by atoms with van der Waals surface area (Å²) >= 11 is 0. The van der Waals surface area contributed by atoms with Gasteiger partial charge in [0.1, 0.15) is 0 Å². The molecule has 0 bridgehead atoms. The van der Waals surface area contributed by atoms with E-state index in [0.29, 0.717) is 0 Å². The molecular weight excluding hydrogens is 174 g/mol. The predicted molar refractivity (Wildman–Crippen MR) is 60.7 cm³/mol. The van der Waals surface area contributed by atoms with Crippen molar-refractivity contribution in [3.8, 4) is 0 Å². The molecule has 0 spiro atoms. The highest BCUT2D eigenvalue weighted by atomic mass is 16.3. The molecule has 0 saturated heterocycles. The van der Waals surface area contributed by atoms with Crippen molar-refractivity contribution >= 4 is 5.69 Å². The fourth-order valence-corrected chi connectivity index (χ4v) is 1.52. The Bertz CT molecular complexity index is 296. The Morgan fingerprint density at radius 3 is 2.71 bits per heavy atom. The van der Waals surface area contributed by atoms with E-state index in [1.165, 1.54) is 16.8 Å². The minimum absolute atomic E-state index is 0.112. The summed E-state index contributed by atoms with van der Waals surface area (Å²) in [6.07, 6.45) is 1.02. The zero-order valence-electron chi connectivity index (χ0n) is 9.17. The van der Waals surface area contributed by atoms with Gasteiger partial charge >= 0.3 is 0 Å². The fraction of sp³-hybridized carbons (Fsp3) is 0.500. The van der Waals surface area contributed by atoms with Crippen molar-refractivity contribution in [3.63, 3.8) is 0 Å². The predicted octanol–water partition coefficient (Wildman–Crippen LogP) is 2.35. The first kappa shape index (κ1) is 11.1. The first-order valence-corrected chi connectivity index (χ1v) is 5.15. The lowest BCUT2D eigenvalue weighted by Gasteiger charge is -2.17. The number of hydrogen-bond acceptors (Lipinski definition) is 2. The van der Waals surface area contributed by atoms with E-state index in [1.54, 1.807) is 0 Å². The molecule has 1 rings (SSSR count). The molecule has 0 saturated carbocycles. The van der Waals surface area contributed by atoms with Gasteiger partial charge in [-0.05, 0) is 31.4 Å². The standard InChI is InChI=1S/C12H19NO/c1-4-11-7-5-6-9(2)12(11)13-10(3)8-14/h5-7,10,13-14H,4,8H2,1-3H3/t10-/m1/s1. The van der Waals surface area contributed by atoms with Crippen molar-refractivity contribution in [2.75, 3.05) is 11.9 Å². The van der Waals surface area contributed by atoms with Gasteiger partial charge in [0.2, 0.25) is 0 Å². The number of aliphatic hydroxyl groups excluding tert-OH is 1. The van der Waals surface area contributed by atoms with E-state index in [-0.39, 0.29) is 12.6 Å². The van der Waals surface area contributed by atoms with Crippen molar-refractivity contribution in [3.05, 3.63) is 29.3 Å². The number of aliphatic hydroxyl groups is 1. The maximum absolute atomic E-state index is 8.99. The Labute approximate surface area is 86.0 Å². The fourth-order valence-electron chi connectivity index (χ4n) is 1.52. The van der Waals surface area contributed by atoms with Crippen LogP contribution in [0.15, 0.2) is 18.2 Å². The van der Waals surface area contributed by atoms with E-state index in [0.717, 1.165) is 6.42 Å². The van der Waals surface area contributed by atoms with E-state index in [1.807, 2.05) is 6.92 Å². The Balaban J connectivity index is 2.92. The zero-order chi connectivity index (χ0) is 10.6. The van der Waals surface area contributed by atoms with Crippen LogP contribution in [0.4, 0.5) is 5.69 Å². The Hall–Kier alpha value is -1.02. The molecule has 0 fully saturated rings. The number of hydrogen-bond donors (Lipinski definition) is 2. The number of para-hydroxylation sites is 1. The molecule has 1 atom stereocenters. The van der Waals surface area contributed by atoms with Crippen LogP contribution in [0.1, 0.15) is 25.0 Å². The van der Waals surface area contributed by atoms with E-state index < -0.39 is 0 Å². The lowest BCUT2D eigenvalue weighted by Crippen LogP contribution is -2.20. The Morgan fingerprint density at radius 1 is 1.43 bits per heavy atom. The number of nitrogens with one attached hydrogen (secondary N) is 1. The van der Waals surface area contributed by atoms with Gasteiger partial charge in [0.05, 0.1) is 6.61 Å². The van der Waals surface area contributed by atoms with Crippen LogP contribution in [-0.2, 0) is 6.42 Å². The second kappa shape index (κ2) is 5.01. The molecule has 0 heterocycles. The lowest BCUT2D eigenvalue weighted by molar-refractivity contribution is 0.281. The van der Waals surface area contributed by atoms with Gasteiger partial charge in [-0.15, -0.1) is 0 Å². The molecule has 2 nitrogen and oxygen atoms in total. The minimum Gasteiger partial charge on any atom is -0.394 e. The largest absolute Gasteiger partial charge is 0.394 e. The highest BCUT2D eigenvalue weighted by Gasteiger charge is 2.06. The van der Waals surface area contributed by atoms with Crippen molar-refractivity contribution in [1.82, 2.24) is 0 Å². The van der Waals surface area contributed by atoms with Crippen LogP contribution in [0.3, 0.4) is 0 Å². The third-order valence-corrected chi connectivity index (χ3v) is 2.40. The summed E-state index contributed by atoms with van der Waals surface area (Å²) in [6.45, 7) is 6.37. The van der Waals surface area contributed by atoms with Crippen LogP contribution in [0, 0.1) is 6.92 Å². The second-order valence-corrected chi connectivity index (χ2v) is 3.69. The van der Waals surface area contributed by atoms with E-state index in [9.17, 15) is 0 Å². The molecule has 0 amide bonds. The van der Waals surface area contributed by atoms with Gasteiger partial charge in [0.15, 0.2) is 0 Å². The molecule has 0 aliphatic heterocycles. The highest BCUT2D eigenvalue weighted by molar-refractivity contribution is 5.57. The third-order valence-electron chi connectivity index (χ3n) is 2.40. The van der Waals surface area contributed by atoms with Gasteiger partial charge in [-0.2, -0.15) is 0 Å². The Morgan fingerprint density at radius 2 is 2.14 bits per heavy atom. The second-order valence-electron chi connectivity index (χ2n) is 3.69. The van der Waals surface area contributed by atoms with Crippen molar-refractivity contribution in [2.45, 2.75) is 33.2 Å². The number of aryl methyl sites for hydroxylation is 2. The van der Waals surface area contributed by atoms with Crippen molar-refractivity contribution in [2.24, 2.45) is 0 Å². The van der Waals surface area contributed by atoms with Crippen molar-refractivity contribution < 1.29 is 5.11 Å². The average Bonchev–Trinajstić information content (AvgIpc) is 2.20. The molecule has 1 aromatic carbocycles. The lowest BCUT2D eigenvalue weighted by atomic mass is 10.1. The molecule has 0 radical (unpaired) electrons. The minimum atomic E-state index is 0.112. The van der Waals surface area contributed by atoms with E-state index >= 15 is 0 Å². The summed E-state index contributed by atoms with van der Waals surface area (Å²) in [5.41, 5.74) is 3.73. The van der Waals surface area contributed by atoms with Gasteiger partial charge in [0, 0.05) is 11.7 Å². The summed E-state index contributed by atoms with van der Waals surface area (Å²) in [6, 6.07) is 6.40. The molecule has 14 heavy (non-hydrogen) atoms. The van der Waals surface area contributed by atoms with Crippen LogP contribution in [0.2, 0.25) is 0 Å². The number of anilines is 1. The molecule has 2 heteroatoms. The van der Waals surface area contributed by atoms with Gasteiger partial charge in [-0.25, -0.2) is 0 Å². The highest BCUT2D eigenvalue weighted by Crippen LogP contribution is 2.21. The smallest absolute Gasteiger partial charge is 0.0630 e. The SMILES string of the molecule is CCc1cccc(C)c1N[C@H](C)CO. The molecular formula is C12H19NO. The van der Waals surface area contributed by atoms with Gasteiger partial charge < -0.3 is 10.4 Å². The van der Waals surface area contributed by atoms with Gasteiger partial charge in [-0.3, -0.25) is 0 Å². The maximum atomic E-state index is 8.99. The van der Waals surface area contributed by atoms with Crippen LogP contribution in [-0.4, -0.2) is 17.8 Å². The molecule has 0 aliphatic rings. The van der Waals surface area contributed by atoms with Crippen LogP contribution >= 0.6 is 0 Å². The summed E-state index contributed by atoms with van der Waals surface area (Å²) in [5, 5.41) is 12.3. The first-order chi connectivity index (χ1) is 6.69. The quantitative estimate of drug-likeness (QED) is 0.769. The summed E-state index contributed by atoms with van der Waals surface area (Å²) in [5.74, 6) is 0. The third kappa shape index (κ3) is 2.48. The topological polar surface area (TPSA) is 32.3 Å². The van der Waals surface area contributed by atoms with Gasteiger partial charge in [-0.1, -0.05) is 25.1 Å². The number of rotatable bonds is 4. The molecule has 0 unspecified atom stereocenters. The Kier molecular flexibility index (Phi) is 3.96. The summed E-state index contributed by atoms with van der Waals surface area (Å²) in [4.78, 5) is 0.